The molecule has 1 N–H and O–H groups in total. The van der Waals surface area contributed by atoms with Gasteiger partial charge in [-0.15, -0.1) is 0 Å². The molecule has 3 rings (SSSR count). The molecule has 1 aliphatic rings. The largest absolute Gasteiger partial charge is 0.351 e. The van der Waals surface area contributed by atoms with Gasteiger partial charge >= 0.3 is 0 Å². The van der Waals surface area contributed by atoms with Gasteiger partial charge in [0.05, 0.1) is 5.69 Å². The number of hydrogen-bond acceptors (Lipinski definition) is 4. The lowest BCUT2D eigenvalue weighted by atomic mass is 9.96. The molecule has 0 saturated heterocycles. The molecule has 0 radical (unpaired) electrons. The van der Waals surface area contributed by atoms with Crippen LogP contribution in [0.25, 0.3) is 5.69 Å². The van der Waals surface area contributed by atoms with Gasteiger partial charge in [0.2, 0.25) is 10.7 Å². The zero-order valence-electron chi connectivity index (χ0n) is 13.2. The lowest BCUT2D eigenvalue weighted by Gasteiger charge is -2.22. The average Bonchev–Trinajstić information content (AvgIpc) is 2.50. The summed E-state index contributed by atoms with van der Waals surface area (Å²) in [5.74, 6) is 0.652. The fourth-order valence-corrected chi connectivity index (χ4v) is 3.40. The molecule has 0 amide bonds. The first-order valence-electron chi connectivity index (χ1n) is 7.94. The van der Waals surface area contributed by atoms with Crippen molar-refractivity contribution in [3.63, 3.8) is 0 Å². The van der Waals surface area contributed by atoms with Crippen LogP contribution in [0.5, 0.6) is 0 Å². The fraction of sp³-hybridized carbons (Fsp3) is 0.471. The second-order valence-corrected chi connectivity index (χ2v) is 6.42. The molecule has 2 aromatic rings. The van der Waals surface area contributed by atoms with Crippen molar-refractivity contribution >= 4 is 18.2 Å². The number of anilines is 1. The highest BCUT2D eigenvalue weighted by Gasteiger charge is 2.14. The van der Waals surface area contributed by atoms with E-state index in [1.807, 2.05) is 4.57 Å². The Labute approximate surface area is 136 Å². The zero-order chi connectivity index (χ0) is 15.5. The van der Waals surface area contributed by atoms with Gasteiger partial charge in [-0.3, -0.25) is 4.57 Å². The minimum atomic E-state index is 0.485. The van der Waals surface area contributed by atoms with Gasteiger partial charge in [-0.2, -0.15) is 4.98 Å². The molecule has 4 nitrogen and oxygen atoms in total. The number of para-hydroxylation sites is 1. The summed E-state index contributed by atoms with van der Waals surface area (Å²) in [6, 6.07) is 6.70. The van der Waals surface area contributed by atoms with Crippen LogP contribution in [-0.4, -0.2) is 20.6 Å². The third-order valence-corrected chi connectivity index (χ3v) is 4.61. The van der Waals surface area contributed by atoms with E-state index in [0.29, 0.717) is 16.8 Å². The van der Waals surface area contributed by atoms with Crippen LogP contribution in [0.3, 0.4) is 0 Å². The zero-order valence-corrected chi connectivity index (χ0v) is 14.0. The van der Waals surface area contributed by atoms with E-state index in [-0.39, 0.29) is 0 Å². The molecule has 1 fully saturated rings. The first-order valence-corrected chi connectivity index (χ1v) is 8.35. The number of hydrogen-bond donors (Lipinski definition) is 1. The third kappa shape index (κ3) is 3.19. The smallest absolute Gasteiger partial charge is 0.227 e. The van der Waals surface area contributed by atoms with E-state index >= 15 is 0 Å². The van der Waals surface area contributed by atoms with Crippen molar-refractivity contribution in [1.29, 1.82) is 0 Å². The first-order chi connectivity index (χ1) is 10.6. The molecular formula is C17H22N4S. The molecule has 1 heterocycles. The SMILES string of the molecule is Cc1cccc(C)c1-n1cnc(NC2CCCCC2)nc1=S. The highest BCUT2D eigenvalue weighted by molar-refractivity contribution is 7.71. The maximum Gasteiger partial charge on any atom is 0.227 e. The minimum absolute atomic E-state index is 0.485. The molecular weight excluding hydrogens is 292 g/mol. The predicted molar refractivity (Wildman–Crippen MR) is 92.2 cm³/mol. The molecule has 116 valence electrons. The van der Waals surface area contributed by atoms with Crippen molar-refractivity contribution in [3.05, 3.63) is 40.4 Å². The maximum atomic E-state index is 5.48. The summed E-state index contributed by atoms with van der Waals surface area (Å²) in [5.41, 5.74) is 3.43. The van der Waals surface area contributed by atoms with Crippen LogP contribution in [-0.2, 0) is 0 Å². The van der Waals surface area contributed by atoms with E-state index in [4.69, 9.17) is 12.2 Å². The Hall–Kier alpha value is -1.75. The van der Waals surface area contributed by atoms with E-state index in [2.05, 4.69) is 47.3 Å². The Kier molecular flexibility index (Phi) is 4.52. The first kappa shape index (κ1) is 15.2. The van der Waals surface area contributed by atoms with Gasteiger partial charge in [0.15, 0.2) is 0 Å². The van der Waals surface area contributed by atoms with E-state index in [1.165, 1.54) is 43.2 Å². The second-order valence-electron chi connectivity index (χ2n) is 6.05. The van der Waals surface area contributed by atoms with Crippen LogP contribution >= 0.6 is 12.2 Å². The summed E-state index contributed by atoms with van der Waals surface area (Å²) < 4.78 is 2.44. The number of benzene rings is 1. The Morgan fingerprint density at radius 2 is 1.82 bits per heavy atom. The summed E-state index contributed by atoms with van der Waals surface area (Å²) in [5, 5.41) is 3.43. The van der Waals surface area contributed by atoms with Gasteiger partial charge in [-0.1, -0.05) is 37.5 Å². The van der Waals surface area contributed by atoms with Gasteiger partial charge in [0.1, 0.15) is 6.33 Å². The number of nitrogens with one attached hydrogen (secondary N) is 1. The van der Waals surface area contributed by atoms with Crippen LogP contribution in [0.15, 0.2) is 24.5 Å². The van der Waals surface area contributed by atoms with Crippen molar-refractivity contribution in [2.75, 3.05) is 5.32 Å². The van der Waals surface area contributed by atoms with E-state index < -0.39 is 0 Å². The van der Waals surface area contributed by atoms with Crippen LogP contribution in [0.2, 0.25) is 0 Å². The molecule has 0 spiro atoms. The number of aryl methyl sites for hydroxylation is 2. The molecule has 0 atom stereocenters. The summed E-state index contributed by atoms with van der Waals surface area (Å²) in [7, 11) is 0. The van der Waals surface area contributed by atoms with Crippen LogP contribution < -0.4 is 5.32 Å². The molecule has 1 aromatic heterocycles. The quantitative estimate of drug-likeness (QED) is 0.855. The van der Waals surface area contributed by atoms with Gasteiger partial charge in [-0.05, 0) is 50.0 Å². The highest BCUT2D eigenvalue weighted by atomic mass is 32.1. The third-order valence-electron chi connectivity index (χ3n) is 4.32. The fourth-order valence-electron chi connectivity index (χ4n) is 3.17. The molecule has 5 heteroatoms. The molecule has 0 bridgehead atoms. The lowest BCUT2D eigenvalue weighted by molar-refractivity contribution is 0.460. The van der Waals surface area contributed by atoms with E-state index in [0.717, 1.165) is 5.69 Å². The van der Waals surface area contributed by atoms with Crippen LogP contribution in [0, 0.1) is 18.6 Å². The Bertz CT molecular complexity index is 697. The number of rotatable bonds is 3. The summed E-state index contributed by atoms with van der Waals surface area (Å²) in [4.78, 5) is 8.95. The number of nitrogens with zero attached hydrogens (tertiary/aromatic N) is 3. The average molecular weight is 314 g/mol. The van der Waals surface area contributed by atoms with Crippen LogP contribution in [0.1, 0.15) is 43.2 Å². The van der Waals surface area contributed by atoms with Gasteiger partial charge in [0, 0.05) is 6.04 Å². The molecule has 0 unspecified atom stereocenters. The normalized spacial score (nSPS) is 15.7. The molecule has 22 heavy (non-hydrogen) atoms. The predicted octanol–water partition coefficient (Wildman–Crippen LogP) is 4.36. The van der Waals surface area contributed by atoms with Crippen LogP contribution in [0.4, 0.5) is 5.95 Å². The van der Waals surface area contributed by atoms with Gasteiger partial charge in [-0.25, -0.2) is 4.98 Å². The van der Waals surface area contributed by atoms with Crippen molar-refractivity contribution in [2.45, 2.75) is 52.0 Å². The number of aromatic nitrogens is 3. The minimum Gasteiger partial charge on any atom is -0.351 e. The van der Waals surface area contributed by atoms with E-state index in [9.17, 15) is 0 Å². The van der Waals surface area contributed by atoms with Crippen molar-refractivity contribution < 1.29 is 0 Å². The molecule has 0 aliphatic heterocycles. The monoisotopic (exact) mass is 314 g/mol. The van der Waals surface area contributed by atoms with Gasteiger partial charge in [0.25, 0.3) is 0 Å². The van der Waals surface area contributed by atoms with Crippen molar-refractivity contribution in [1.82, 2.24) is 14.5 Å². The second kappa shape index (κ2) is 6.57. The van der Waals surface area contributed by atoms with Gasteiger partial charge < -0.3 is 5.32 Å². The molecule has 1 saturated carbocycles. The maximum absolute atomic E-state index is 5.48. The summed E-state index contributed by atoms with van der Waals surface area (Å²) >= 11 is 5.48. The summed E-state index contributed by atoms with van der Waals surface area (Å²) in [6.07, 6.45) is 8.09. The molecule has 1 aliphatic carbocycles. The highest BCUT2D eigenvalue weighted by Crippen LogP contribution is 2.21. The standard InChI is InChI=1S/C17H22N4S/c1-12-7-6-8-13(2)15(12)21-11-18-16(20-17(21)22)19-14-9-4-3-5-10-14/h6-8,11,14H,3-5,9-10H2,1-2H3,(H,19,20,22). The van der Waals surface area contributed by atoms with Crippen molar-refractivity contribution in [2.24, 2.45) is 0 Å². The topological polar surface area (TPSA) is 42.7 Å². The molecule has 1 aromatic carbocycles. The Morgan fingerprint density at radius 1 is 1.14 bits per heavy atom. The lowest BCUT2D eigenvalue weighted by Crippen LogP contribution is -2.24. The Balaban J connectivity index is 1.88. The summed E-state index contributed by atoms with van der Waals surface area (Å²) in [6.45, 7) is 4.16. The van der Waals surface area contributed by atoms with E-state index in [1.54, 1.807) is 6.33 Å². The van der Waals surface area contributed by atoms with Crippen molar-refractivity contribution in [3.8, 4) is 5.69 Å². The Morgan fingerprint density at radius 3 is 2.45 bits per heavy atom.